The van der Waals surface area contributed by atoms with Gasteiger partial charge in [-0.1, -0.05) is 6.42 Å². The van der Waals surface area contributed by atoms with E-state index in [0.717, 1.165) is 0 Å². The van der Waals surface area contributed by atoms with Crippen LogP contribution in [0.2, 0.25) is 0 Å². The molecule has 0 aromatic carbocycles. The lowest BCUT2D eigenvalue weighted by molar-refractivity contribution is 0.623. The van der Waals surface area contributed by atoms with E-state index >= 15 is 0 Å². The highest BCUT2D eigenvalue weighted by atomic mass is 15.1. The van der Waals surface area contributed by atoms with Crippen molar-refractivity contribution in [3.8, 4) is 0 Å². The number of imidazole rings is 1. The number of nitrogens with zero attached hydrogens (tertiary/aromatic N) is 2. The molecule has 0 bridgehead atoms. The molecular weight excluding hydrogens is 136 g/mol. The van der Waals surface area contributed by atoms with E-state index in [1.165, 1.54) is 43.7 Å². The van der Waals surface area contributed by atoms with Crippen LogP contribution in [-0.4, -0.2) is 9.55 Å². The Bertz CT molecular complexity index is 250. The molecule has 0 saturated carbocycles. The summed E-state index contributed by atoms with van der Waals surface area (Å²) in [7, 11) is 0. The van der Waals surface area contributed by atoms with Crippen LogP contribution in [0.4, 0.5) is 0 Å². The van der Waals surface area contributed by atoms with Crippen molar-refractivity contribution in [1.29, 1.82) is 0 Å². The predicted octanol–water partition coefficient (Wildman–Crippen LogP) is 1.92. The Kier molecular flexibility index (Phi) is 1.68. The molecular formula is C9H14N2. The summed E-state index contributed by atoms with van der Waals surface area (Å²) in [4.78, 5) is 4.38. The first-order chi connectivity index (χ1) is 5.38. The zero-order valence-corrected chi connectivity index (χ0v) is 7.01. The number of hydrogen-bond acceptors (Lipinski definition) is 1. The van der Waals surface area contributed by atoms with Crippen LogP contribution in [0.5, 0.6) is 0 Å². The normalized spacial score (nSPS) is 17.5. The number of aryl methyl sites for hydroxylation is 2. The van der Waals surface area contributed by atoms with Gasteiger partial charge in [-0.15, -0.1) is 0 Å². The molecule has 2 nitrogen and oxygen atoms in total. The second-order valence-corrected chi connectivity index (χ2v) is 3.28. The summed E-state index contributed by atoms with van der Waals surface area (Å²) in [6.45, 7) is 3.32. The number of aromatic nitrogens is 2. The Hall–Kier alpha value is -0.790. The average Bonchev–Trinajstić information content (AvgIpc) is 2.25. The van der Waals surface area contributed by atoms with Crippen molar-refractivity contribution in [2.75, 3.05) is 0 Å². The Morgan fingerprint density at radius 3 is 3.18 bits per heavy atom. The number of rotatable bonds is 0. The topological polar surface area (TPSA) is 17.8 Å². The van der Waals surface area contributed by atoms with Crippen molar-refractivity contribution in [2.45, 2.75) is 39.2 Å². The van der Waals surface area contributed by atoms with Crippen molar-refractivity contribution >= 4 is 0 Å². The molecule has 2 heteroatoms. The van der Waals surface area contributed by atoms with Gasteiger partial charge in [-0.2, -0.15) is 0 Å². The standard InChI is InChI=1S/C9H14N2/c1-8-7-10-9-5-3-2-4-6-11(8)9/h7H,2-6H2,1H3. The van der Waals surface area contributed by atoms with Gasteiger partial charge in [0.15, 0.2) is 0 Å². The Balaban J connectivity index is 2.35. The van der Waals surface area contributed by atoms with Gasteiger partial charge >= 0.3 is 0 Å². The van der Waals surface area contributed by atoms with Gasteiger partial charge in [0, 0.05) is 24.9 Å². The van der Waals surface area contributed by atoms with Crippen molar-refractivity contribution in [3.05, 3.63) is 17.7 Å². The average molecular weight is 150 g/mol. The molecule has 0 spiro atoms. The molecule has 0 unspecified atom stereocenters. The highest BCUT2D eigenvalue weighted by Gasteiger charge is 2.09. The molecule has 1 aromatic rings. The summed E-state index contributed by atoms with van der Waals surface area (Å²) in [5, 5.41) is 0. The molecule has 0 radical (unpaired) electrons. The quantitative estimate of drug-likeness (QED) is 0.552. The third kappa shape index (κ3) is 1.17. The van der Waals surface area contributed by atoms with Gasteiger partial charge in [-0.3, -0.25) is 0 Å². The minimum absolute atomic E-state index is 1.17. The zero-order chi connectivity index (χ0) is 7.68. The van der Waals surface area contributed by atoms with Crippen LogP contribution in [0.25, 0.3) is 0 Å². The van der Waals surface area contributed by atoms with E-state index in [2.05, 4.69) is 16.5 Å². The molecule has 0 amide bonds. The molecule has 0 N–H and O–H groups in total. The van der Waals surface area contributed by atoms with Crippen LogP contribution >= 0.6 is 0 Å². The van der Waals surface area contributed by atoms with Crippen LogP contribution in [0, 0.1) is 6.92 Å². The summed E-state index contributed by atoms with van der Waals surface area (Å²) < 4.78 is 2.35. The van der Waals surface area contributed by atoms with Crippen molar-refractivity contribution in [1.82, 2.24) is 9.55 Å². The molecule has 1 aromatic heterocycles. The maximum absolute atomic E-state index is 4.38. The minimum atomic E-state index is 1.17. The third-order valence-electron chi connectivity index (χ3n) is 2.42. The summed E-state index contributed by atoms with van der Waals surface area (Å²) >= 11 is 0. The van der Waals surface area contributed by atoms with Crippen molar-refractivity contribution < 1.29 is 0 Å². The second kappa shape index (κ2) is 2.68. The van der Waals surface area contributed by atoms with E-state index in [-0.39, 0.29) is 0 Å². The molecule has 0 aliphatic carbocycles. The van der Waals surface area contributed by atoms with E-state index in [9.17, 15) is 0 Å². The largest absolute Gasteiger partial charge is 0.332 e. The highest BCUT2D eigenvalue weighted by Crippen LogP contribution is 2.14. The summed E-state index contributed by atoms with van der Waals surface area (Å²) in [6.07, 6.45) is 7.16. The summed E-state index contributed by atoms with van der Waals surface area (Å²) in [5.41, 5.74) is 1.32. The molecule has 0 atom stereocenters. The smallest absolute Gasteiger partial charge is 0.108 e. The van der Waals surface area contributed by atoms with Gasteiger partial charge in [-0.25, -0.2) is 4.98 Å². The fourth-order valence-electron chi connectivity index (χ4n) is 1.75. The molecule has 60 valence electrons. The third-order valence-corrected chi connectivity index (χ3v) is 2.42. The van der Waals surface area contributed by atoms with Gasteiger partial charge < -0.3 is 4.57 Å². The first kappa shape index (κ1) is 6.89. The molecule has 1 aliphatic heterocycles. The Morgan fingerprint density at radius 2 is 2.27 bits per heavy atom. The Morgan fingerprint density at radius 1 is 1.36 bits per heavy atom. The van der Waals surface area contributed by atoms with Crippen LogP contribution in [0.1, 0.15) is 30.8 Å². The van der Waals surface area contributed by atoms with Crippen LogP contribution < -0.4 is 0 Å². The Labute approximate surface area is 67.3 Å². The lowest BCUT2D eigenvalue weighted by atomic mass is 10.2. The van der Waals surface area contributed by atoms with Gasteiger partial charge in [-0.05, 0) is 19.8 Å². The molecule has 0 fully saturated rings. The summed E-state index contributed by atoms with van der Waals surface area (Å²) in [6, 6.07) is 0. The minimum Gasteiger partial charge on any atom is -0.332 e. The van der Waals surface area contributed by atoms with E-state index in [4.69, 9.17) is 0 Å². The zero-order valence-electron chi connectivity index (χ0n) is 7.01. The van der Waals surface area contributed by atoms with E-state index in [1.54, 1.807) is 0 Å². The summed E-state index contributed by atoms with van der Waals surface area (Å²) in [5.74, 6) is 1.29. The second-order valence-electron chi connectivity index (χ2n) is 3.28. The molecule has 0 saturated heterocycles. The van der Waals surface area contributed by atoms with Crippen LogP contribution in [0.3, 0.4) is 0 Å². The van der Waals surface area contributed by atoms with Gasteiger partial charge in [0.2, 0.25) is 0 Å². The monoisotopic (exact) mass is 150 g/mol. The van der Waals surface area contributed by atoms with E-state index in [1.807, 2.05) is 6.20 Å². The fourth-order valence-corrected chi connectivity index (χ4v) is 1.75. The van der Waals surface area contributed by atoms with E-state index in [0.29, 0.717) is 0 Å². The van der Waals surface area contributed by atoms with Gasteiger partial charge in [0.1, 0.15) is 5.82 Å². The van der Waals surface area contributed by atoms with E-state index < -0.39 is 0 Å². The molecule has 11 heavy (non-hydrogen) atoms. The van der Waals surface area contributed by atoms with Gasteiger partial charge in [0.25, 0.3) is 0 Å². The van der Waals surface area contributed by atoms with Crippen LogP contribution in [0.15, 0.2) is 6.20 Å². The van der Waals surface area contributed by atoms with Crippen molar-refractivity contribution in [2.24, 2.45) is 0 Å². The lowest BCUT2D eigenvalue weighted by Gasteiger charge is -2.03. The van der Waals surface area contributed by atoms with Crippen molar-refractivity contribution in [3.63, 3.8) is 0 Å². The number of hydrogen-bond donors (Lipinski definition) is 0. The lowest BCUT2D eigenvalue weighted by Crippen LogP contribution is -2.01. The highest BCUT2D eigenvalue weighted by molar-refractivity contribution is 5.04. The maximum atomic E-state index is 4.38. The number of fused-ring (bicyclic) bond motifs is 1. The predicted molar refractivity (Wildman–Crippen MR) is 44.5 cm³/mol. The molecule has 1 aliphatic rings. The van der Waals surface area contributed by atoms with Crippen LogP contribution in [-0.2, 0) is 13.0 Å². The molecule has 2 heterocycles. The van der Waals surface area contributed by atoms with Gasteiger partial charge in [0.05, 0.1) is 0 Å². The molecule has 2 rings (SSSR count). The SMILES string of the molecule is Cc1cnc2n1CCCCC2. The fraction of sp³-hybridized carbons (Fsp3) is 0.667. The first-order valence-corrected chi connectivity index (χ1v) is 4.39. The maximum Gasteiger partial charge on any atom is 0.108 e. The first-order valence-electron chi connectivity index (χ1n) is 4.39.